The van der Waals surface area contributed by atoms with Gasteiger partial charge in [-0.2, -0.15) is 0 Å². The van der Waals surface area contributed by atoms with Crippen LogP contribution in [0.1, 0.15) is 98.3 Å². The summed E-state index contributed by atoms with van der Waals surface area (Å²) < 4.78 is 0. The van der Waals surface area contributed by atoms with E-state index in [4.69, 9.17) is 0 Å². The first kappa shape index (κ1) is 35.3. The zero-order valence-electron chi connectivity index (χ0n) is 32.0. The largest absolute Gasteiger partial charge is 0.331 e. The van der Waals surface area contributed by atoms with E-state index in [9.17, 15) is 0 Å². The number of anilines is 2. The highest BCUT2D eigenvalue weighted by Crippen LogP contribution is 2.56. The topological polar surface area (TPSA) is 6.48 Å². The third-order valence-corrected chi connectivity index (χ3v) is 10.7. The molecule has 2 unspecified atom stereocenters. The van der Waals surface area contributed by atoms with Gasteiger partial charge in [0.25, 0.3) is 0 Å². The second-order valence-electron chi connectivity index (χ2n) is 16.1. The van der Waals surface area contributed by atoms with Crippen LogP contribution < -0.4 is 9.80 Å². The fourth-order valence-electron chi connectivity index (χ4n) is 7.78. The van der Waals surface area contributed by atoms with Crippen LogP contribution in [0.15, 0.2) is 156 Å². The van der Waals surface area contributed by atoms with E-state index in [-0.39, 0.29) is 11.3 Å². The molecule has 0 radical (unpaired) electrons. The van der Waals surface area contributed by atoms with Gasteiger partial charge in [-0.25, -0.2) is 0 Å². The van der Waals surface area contributed by atoms with Crippen molar-refractivity contribution in [2.24, 2.45) is 17.3 Å². The molecule has 0 heterocycles. The van der Waals surface area contributed by atoms with Crippen molar-refractivity contribution >= 4 is 17.1 Å². The first-order valence-corrected chi connectivity index (χ1v) is 18.5. The van der Waals surface area contributed by atoms with Crippen molar-refractivity contribution in [2.45, 2.75) is 87.1 Å². The van der Waals surface area contributed by atoms with Gasteiger partial charge in [-0.1, -0.05) is 132 Å². The van der Waals surface area contributed by atoms with E-state index in [1.807, 2.05) is 0 Å². The predicted octanol–water partition coefficient (Wildman–Crippen LogP) is 13.3. The molecule has 3 aliphatic carbocycles. The maximum Gasteiger partial charge on any atom is 0.0784 e. The van der Waals surface area contributed by atoms with Crippen molar-refractivity contribution in [1.29, 1.82) is 0 Å². The SMILES string of the molecule is CC(C)=C/C=C(\C)N(C1=C2C=CC(C(C)C)=CC2C(C)(N(C2=CCC(C)(C)C=C2)c2ccccc2)c2ccc(C(C)C)cc21)c1ccccc1. The van der Waals surface area contributed by atoms with Gasteiger partial charge in [0, 0.05) is 34.3 Å². The molecule has 50 heavy (non-hydrogen) atoms. The third kappa shape index (κ3) is 6.65. The Labute approximate surface area is 302 Å². The number of hydrogen-bond donors (Lipinski definition) is 0. The lowest BCUT2D eigenvalue weighted by atomic mass is 9.64. The molecule has 3 aliphatic rings. The Balaban J connectivity index is 1.74. The van der Waals surface area contributed by atoms with E-state index in [1.54, 1.807) is 0 Å². The zero-order valence-corrected chi connectivity index (χ0v) is 32.0. The Morgan fingerprint density at radius 2 is 1.42 bits per heavy atom. The van der Waals surface area contributed by atoms with E-state index in [0.29, 0.717) is 11.8 Å². The van der Waals surface area contributed by atoms with Gasteiger partial charge in [-0.05, 0) is 116 Å². The Hall–Kier alpha value is -4.56. The maximum absolute atomic E-state index is 2.65. The average molecular weight is 661 g/mol. The van der Waals surface area contributed by atoms with E-state index in [2.05, 4.69) is 207 Å². The van der Waals surface area contributed by atoms with Crippen LogP contribution in [0, 0.1) is 17.3 Å². The summed E-state index contributed by atoms with van der Waals surface area (Å²) >= 11 is 0. The second kappa shape index (κ2) is 14.0. The highest BCUT2D eigenvalue weighted by atomic mass is 15.2. The molecule has 2 heteroatoms. The molecule has 0 amide bonds. The summed E-state index contributed by atoms with van der Waals surface area (Å²) in [6.07, 6.45) is 20.2. The first-order valence-electron chi connectivity index (χ1n) is 18.5. The highest BCUT2D eigenvalue weighted by molar-refractivity contribution is 5.91. The molecule has 0 aliphatic heterocycles. The fourth-order valence-corrected chi connectivity index (χ4v) is 7.78. The number of rotatable bonds is 9. The number of benzene rings is 3. The Kier molecular flexibility index (Phi) is 9.86. The molecule has 3 aromatic carbocycles. The molecule has 0 N–H and O–H groups in total. The van der Waals surface area contributed by atoms with Crippen LogP contribution in [-0.2, 0) is 5.54 Å². The predicted molar refractivity (Wildman–Crippen MR) is 217 cm³/mol. The molecule has 0 saturated carbocycles. The van der Waals surface area contributed by atoms with Crippen molar-refractivity contribution in [3.8, 4) is 0 Å². The summed E-state index contributed by atoms with van der Waals surface area (Å²) in [7, 11) is 0. The van der Waals surface area contributed by atoms with Crippen LogP contribution in [0.25, 0.3) is 5.70 Å². The van der Waals surface area contributed by atoms with Gasteiger partial charge in [0.2, 0.25) is 0 Å². The van der Waals surface area contributed by atoms with Crippen molar-refractivity contribution in [1.82, 2.24) is 0 Å². The number of fused-ring (bicyclic) bond motifs is 2. The number of hydrogen-bond acceptors (Lipinski definition) is 2. The van der Waals surface area contributed by atoms with Crippen molar-refractivity contribution in [2.75, 3.05) is 9.80 Å². The van der Waals surface area contributed by atoms with Crippen molar-refractivity contribution in [3.05, 3.63) is 172 Å². The molecule has 258 valence electrons. The molecule has 3 aromatic rings. The maximum atomic E-state index is 2.65. The van der Waals surface area contributed by atoms with Gasteiger partial charge in [-0.3, -0.25) is 0 Å². The summed E-state index contributed by atoms with van der Waals surface area (Å²) in [5, 5.41) is 0. The molecule has 2 atom stereocenters. The normalized spacial score (nSPS) is 21.0. The fraction of sp³-hybridized carbons (Fsp3) is 0.333. The summed E-state index contributed by atoms with van der Waals surface area (Å²) in [6, 6.07) is 29.3. The van der Waals surface area contributed by atoms with Gasteiger partial charge in [0.05, 0.1) is 11.2 Å². The van der Waals surface area contributed by atoms with Gasteiger partial charge in [0.15, 0.2) is 0 Å². The zero-order chi connectivity index (χ0) is 35.8. The molecule has 0 spiro atoms. The van der Waals surface area contributed by atoms with Crippen molar-refractivity contribution in [3.63, 3.8) is 0 Å². The van der Waals surface area contributed by atoms with Gasteiger partial charge in [-0.15, -0.1) is 0 Å². The second-order valence-corrected chi connectivity index (χ2v) is 16.1. The molecular formula is C48H56N2. The van der Waals surface area contributed by atoms with E-state index >= 15 is 0 Å². The number of para-hydroxylation sites is 2. The van der Waals surface area contributed by atoms with Gasteiger partial charge in [0.1, 0.15) is 0 Å². The lowest BCUT2D eigenvalue weighted by Gasteiger charge is -2.54. The van der Waals surface area contributed by atoms with Crippen LogP contribution >= 0.6 is 0 Å². The molecular weight excluding hydrogens is 605 g/mol. The molecule has 0 fully saturated rings. The minimum absolute atomic E-state index is 0.0733. The van der Waals surface area contributed by atoms with E-state index in [0.717, 1.165) is 6.42 Å². The summed E-state index contributed by atoms with van der Waals surface area (Å²) in [5.41, 5.74) is 13.8. The lowest BCUT2D eigenvalue weighted by molar-refractivity contribution is 0.376. The Bertz CT molecular complexity index is 1940. The minimum Gasteiger partial charge on any atom is -0.331 e. The van der Waals surface area contributed by atoms with E-state index in [1.165, 1.54) is 61.9 Å². The number of allylic oxidation sites excluding steroid dienone is 10. The third-order valence-electron chi connectivity index (χ3n) is 10.7. The Morgan fingerprint density at radius 1 is 0.760 bits per heavy atom. The highest BCUT2D eigenvalue weighted by Gasteiger charge is 2.50. The summed E-state index contributed by atoms with van der Waals surface area (Å²) in [4.78, 5) is 5.17. The molecule has 0 aromatic heterocycles. The van der Waals surface area contributed by atoms with Crippen LogP contribution in [0.5, 0.6) is 0 Å². The monoisotopic (exact) mass is 660 g/mol. The molecule has 2 nitrogen and oxygen atoms in total. The average Bonchev–Trinajstić information content (AvgIpc) is 3.10. The summed E-state index contributed by atoms with van der Waals surface area (Å²) in [6.45, 7) is 23.0. The number of nitrogens with zero attached hydrogens (tertiary/aromatic N) is 2. The van der Waals surface area contributed by atoms with Crippen LogP contribution in [-0.4, -0.2) is 0 Å². The van der Waals surface area contributed by atoms with Crippen LogP contribution in [0.4, 0.5) is 11.4 Å². The van der Waals surface area contributed by atoms with E-state index < -0.39 is 5.54 Å². The Morgan fingerprint density at radius 3 is 2.00 bits per heavy atom. The van der Waals surface area contributed by atoms with Crippen LogP contribution in [0.3, 0.4) is 0 Å². The molecule has 0 saturated heterocycles. The standard InChI is InChI=1S/C48H56N2/c1-33(2)21-22-36(7)49(39-17-13-11-14-18-39)46-42-25-23-38(35(5)6)32-45(42)48(10,44-26-24-37(34(3)4)31-43(44)46)50(40-19-15-12-16-20-40)41-27-29-47(8,9)30-28-41/h11-29,31-32,34-35,45H,30H2,1-10H3/b36-22+. The van der Waals surface area contributed by atoms with Gasteiger partial charge < -0.3 is 9.80 Å². The minimum atomic E-state index is -0.437. The quantitative estimate of drug-likeness (QED) is 0.211. The molecule has 6 rings (SSSR count). The van der Waals surface area contributed by atoms with Crippen LogP contribution in [0.2, 0.25) is 0 Å². The summed E-state index contributed by atoms with van der Waals surface area (Å²) in [5.74, 6) is 0.882. The molecule has 0 bridgehead atoms. The van der Waals surface area contributed by atoms with Gasteiger partial charge >= 0.3 is 0 Å². The van der Waals surface area contributed by atoms with Crippen molar-refractivity contribution < 1.29 is 0 Å². The first-order chi connectivity index (χ1) is 23.8. The lowest BCUT2D eigenvalue weighted by Crippen LogP contribution is -2.52. The smallest absolute Gasteiger partial charge is 0.0784 e.